The summed E-state index contributed by atoms with van der Waals surface area (Å²) >= 11 is 0. The van der Waals surface area contributed by atoms with E-state index in [1.165, 1.54) is 0 Å². The molecule has 7 heteroatoms. The van der Waals surface area contributed by atoms with Crippen molar-refractivity contribution in [2.75, 3.05) is 37.5 Å². The number of nitrogens with one attached hydrogen (secondary N) is 2. The molecule has 1 aromatic heterocycles. The maximum atomic E-state index is 9.34. The molecule has 19 heavy (non-hydrogen) atoms. The average Bonchev–Trinajstić information content (AvgIpc) is 2.46. The van der Waals surface area contributed by atoms with Crippen LogP contribution in [-0.4, -0.2) is 57.7 Å². The van der Waals surface area contributed by atoms with Crippen molar-refractivity contribution in [2.45, 2.75) is 25.8 Å². The molecule has 0 radical (unpaired) electrons. The normalized spacial score (nSPS) is 11.5. The van der Waals surface area contributed by atoms with Gasteiger partial charge in [-0.15, -0.1) is 0 Å². The van der Waals surface area contributed by atoms with Gasteiger partial charge in [0.15, 0.2) is 0 Å². The van der Waals surface area contributed by atoms with Gasteiger partial charge >= 0.3 is 0 Å². The number of rotatable bonds is 7. The molecule has 0 saturated heterocycles. The summed E-state index contributed by atoms with van der Waals surface area (Å²) in [5.74, 6) is 1.81. The quantitative estimate of drug-likeness (QED) is 0.455. The van der Waals surface area contributed by atoms with Crippen molar-refractivity contribution in [1.82, 2.24) is 9.97 Å². The van der Waals surface area contributed by atoms with Gasteiger partial charge in [0.05, 0.1) is 19.8 Å². The van der Waals surface area contributed by atoms with Crippen molar-refractivity contribution >= 4 is 11.6 Å². The first-order valence-electron chi connectivity index (χ1n) is 6.21. The Morgan fingerprint density at radius 3 is 2.00 bits per heavy atom. The zero-order chi connectivity index (χ0) is 14.5. The Morgan fingerprint density at radius 2 is 1.58 bits per heavy atom. The predicted octanol–water partition coefficient (Wildman–Crippen LogP) is -0.483. The van der Waals surface area contributed by atoms with E-state index in [9.17, 15) is 15.3 Å². The summed E-state index contributed by atoms with van der Waals surface area (Å²) in [7, 11) is 1.76. The van der Waals surface area contributed by atoms with E-state index < -0.39 is 25.4 Å². The molecule has 108 valence electrons. The van der Waals surface area contributed by atoms with Gasteiger partial charge in [-0.05, 0) is 6.92 Å². The van der Waals surface area contributed by atoms with Crippen LogP contribution in [0.25, 0.3) is 0 Å². The molecule has 1 aromatic rings. The van der Waals surface area contributed by atoms with Gasteiger partial charge in [-0.25, -0.2) is 9.97 Å². The summed E-state index contributed by atoms with van der Waals surface area (Å²) in [6.07, 6.45) is 0.661. The predicted molar refractivity (Wildman–Crippen MR) is 73.3 cm³/mol. The number of nitrogens with zero attached hydrogens (tertiary/aromatic N) is 2. The Labute approximate surface area is 112 Å². The molecular formula is C12H22N4O3. The first-order valence-corrected chi connectivity index (χ1v) is 6.21. The Hall–Kier alpha value is -1.44. The van der Waals surface area contributed by atoms with Crippen LogP contribution in [0.5, 0.6) is 0 Å². The Morgan fingerprint density at radius 1 is 1.05 bits per heavy atom. The van der Waals surface area contributed by atoms with Crippen molar-refractivity contribution < 1.29 is 15.3 Å². The van der Waals surface area contributed by atoms with Gasteiger partial charge in [-0.1, -0.05) is 6.92 Å². The molecule has 5 N–H and O–H groups in total. The van der Waals surface area contributed by atoms with Crippen LogP contribution in [0.2, 0.25) is 0 Å². The number of hydrogen-bond acceptors (Lipinski definition) is 7. The Balaban J connectivity index is 3.18. The van der Waals surface area contributed by atoms with Crippen LogP contribution in [0.4, 0.5) is 11.6 Å². The van der Waals surface area contributed by atoms with E-state index in [-0.39, 0.29) is 0 Å². The van der Waals surface area contributed by atoms with Crippen LogP contribution in [0, 0.1) is 6.92 Å². The lowest BCUT2D eigenvalue weighted by Crippen LogP contribution is -2.49. The first-order chi connectivity index (χ1) is 9.05. The molecular weight excluding hydrogens is 248 g/mol. The highest BCUT2D eigenvalue weighted by Crippen LogP contribution is 2.23. The zero-order valence-corrected chi connectivity index (χ0v) is 11.6. The lowest BCUT2D eigenvalue weighted by molar-refractivity contribution is 0.0830. The van der Waals surface area contributed by atoms with Gasteiger partial charge in [0.1, 0.15) is 23.0 Å². The molecule has 0 saturated carbocycles. The van der Waals surface area contributed by atoms with Gasteiger partial charge in [0, 0.05) is 19.0 Å². The van der Waals surface area contributed by atoms with E-state index >= 15 is 0 Å². The highest BCUT2D eigenvalue weighted by Gasteiger charge is 2.29. The smallest absolute Gasteiger partial charge is 0.135 e. The second-order valence-corrected chi connectivity index (χ2v) is 4.45. The van der Waals surface area contributed by atoms with Crippen LogP contribution in [0.15, 0.2) is 0 Å². The fraction of sp³-hybridized carbons (Fsp3) is 0.667. The minimum atomic E-state index is -1.20. The van der Waals surface area contributed by atoms with E-state index in [1.807, 2.05) is 13.8 Å². The third-order valence-corrected chi connectivity index (χ3v) is 3.04. The van der Waals surface area contributed by atoms with E-state index in [2.05, 4.69) is 20.6 Å². The molecule has 0 bridgehead atoms. The highest BCUT2D eigenvalue weighted by atomic mass is 16.3. The molecule has 0 aliphatic carbocycles. The van der Waals surface area contributed by atoms with E-state index in [4.69, 9.17) is 0 Å². The van der Waals surface area contributed by atoms with Gasteiger partial charge < -0.3 is 26.0 Å². The molecule has 0 unspecified atom stereocenters. The van der Waals surface area contributed by atoms with E-state index in [0.717, 1.165) is 5.56 Å². The summed E-state index contributed by atoms with van der Waals surface area (Å²) in [6.45, 7) is 2.55. The molecule has 7 nitrogen and oxygen atoms in total. The zero-order valence-electron chi connectivity index (χ0n) is 11.6. The third-order valence-electron chi connectivity index (χ3n) is 3.04. The van der Waals surface area contributed by atoms with Crippen LogP contribution in [0.3, 0.4) is 0 Å². The van der Waals surface area contributed by atoms with Gasteiger partial charge in [0.2, 0.25) is 0 Å². The molecule has 0 fully saturated rings. The Bertz CT molecular complexity index is 413. The fourth-order valence-corrected chi connectivity index (χ4v) is 1.61. The lowest BCUT2D eigenvalue weighted by atomic mass is 10.0. The second kappa shape index (κ2) is 6.65. The SMILES string of the molecule is CCc1nc(NC)c(C)c(NC(CO)(CO)CO)n1. The molecule has 0 amide bonds. The molecule has 0 aliphatic heterocycles. The van der Waals surface area contributed by atoms with E-state index in [1.54, 1.807) is 7.05 Å². The molecule has 0 aromatic carbocycles. The van der Waals surface area contributed by atoms with Crippen molar-refractivity contribution in [1.29, 1.82) is 0 Å². The number of aryl methyl sites for hydroxylation is 1. The standard InChI is InChI=1S/C12H22N4O3/c1-4-9-14-10(13-3)8(2)11(15-9)16-12(5-17,6-18)7-19/h17-19H,4-7H2,1-3H3,(H2,13,14,15,16). The highest BCUT2D eigenvalue weighted by molar-refractivity contribution is 5.58. The summed E-state index contributed by atoms with van der Waals surface area (Å²) < 4.78 is 0. The van der Waals surface area contributed by atoms with E-state index in [0.29, 0.717) is 23.9 Å². The number of aromatic nitrogens is 2. The van der Waals surface area contributed by atoms with Gasteiger partial charge in [-0.2, -0.15) is 0 Å². The summed E-state index contributed by atoms with van der Waals surface area (Å²) in [4.78, 5) is 8.66. The molecule has 1 heterocycles. The van der Waals surface area contributed by atoms with Gasteiger partial charge in [0.25, 0.3) is 0 Å². The minimum absolute atomic E-state index is 0.403. The maximum absolute atomic E-state index is 9.34. The summed E-state index contributed by atoms with van der Waals surface area (Å²) in [6, 6.07) is 0. The largest absolute Gasteiger partial charge is 0.394 e. The number of aliphatic hydroxyl groups is 3. The molecule has 0 atom stereocenters. The monoisotopic (exact) mass is 270 g/mol. The fourth-order valence-electron chi connectivity index (χ4n) is 1.61. The summed E-state index contributed by atoms with van der Waals surface area (Å²) in [5.41, 5.74) is -0.436. The minimum Gasteiger partial charge on any atom is -0.394 e. The van der Waals surface area contributed by atoms with Crippen LogP contribution in [0.1, 0.15) is 18.3 Å². The Kier molecular flexibility index (Phi) is 5.46. The number of anilines is 2. The summed E-state index contributed by atoms with van der Waals surface area (Å²) in [5, 5.41) is 33.9. The second-order valence-electron chi connectivity index (χ2n) is 4.45. The van der Waals surface area contributed by atoms with Crippen LogP contribution < -0.4 is 10.6 Å². The third kappa shape index (κ3) is 3.31. The first kappa shape index (κ1) is 15.6. The van der Waals surface area contributed by atoms with Crippen molar-refractivity contribution in [3.8, 4) is 0 Å². The van der Waals surface area contributed by atoms with Crippen molar-refractivity contribution in [3.05, 3.63) is 11.4 Å². The topological polar surface area (TPSA) is 111 Å². The van der Waals surface area contributed by atoms with Crippen molar-refractivity contribution in [2.24, 2.45) is 0 Å². The number of hydrogen-bond donors (Lipinski definition) is 5. The molecule has 0 spiro atoms. The van der Waals surface area contributed by atoms with Gasteiger partial charge in [-0.3, -0.25) is 0 Å². The van der Waals surface area contributed by atoms with Crippen molar-refractivity contribution in [3.63, 3.8) is 0 Å². The number of aliphatic hydroxyl groups excluding tert-OH is 3. The molecule has 0 aliphatic rings. The van der Waals surface area contributed by atoms with Crippen LogP contribution >= 0.6 is 0 Å². The lowest BCUT2D eigenvalue weighted by Gasteiger charge is -2.30. The van der Waals surface area contributed by atoms with Crippen LogP contribution in [-0.2, 0) is 6.42 Å². The average molecular weight is 270 g/mol. The molecule has 1 rings (SSSR count). The maximum Gasteiger partial charge on any atom is 0.135 e.